The summed E-state index contributed by atoms with van der Waals surface area (Å²) in [6, 6.07) is 19.8. The fourth-order valence-electron chi connectivity index (χ4n) is 2.84. The zero-order valence-corrected chi connectivity index (χ0v) is 15.2. The molecule has 4 aromatic rings. The number of carbonyl (C=O) groups excluding carboxylic acids is 1. The second kappa shape index (κ2) is 7.01. The molecule has 0 fully saturated rings. The van der Waals surface area contributed by atoms with Crippen LogP contribution in [0.3, 0.4) is 0 Å². The van der Waals surface area contributed by atoms with Crippen molar-refractivity contribution in [2.24, 2.45) is 5.10 Å². The zero-order chi connectivity index (χ0) is 17.9. The molecule has 5 nitrogen and oxygen atoms in total. The highest BCUT2D eigenvalue weighted by Crippen LogP contribution is 2.28. The summed E-state index contributed by atoms with van der Waals surface area (Å²) in [7, 11) is 0. The number of nitrogens with zero attached hydrogens (tertiary/aromatic N) is 1. The zero-order valence-electron chi connectivity index (χ0n) is 13.7. The van der Waals surface area contributed by atoms with Gasteiger partial charge in [0.05, 0.1) is 11.9 Å². The van der Waals surface area contributed by atoms with Gasteiger partial charge in [-0.3, -0.25) is 4.79 Å². The molecule has 0 aliphatic rings. The van der Waals surface area contributed by atoms with E-state index in [-0.39, 0.29) is 5.91 Å². The van der Waals surface area contributed by atoms with Gasteiger partial charge in [-0.15, -0.1) is 0 Å². The Morgan fingerprint density at radius 3 is 2.62 bits per heavy atom. The summed E-state index contributed by atoms with van der Waals surface area (Å²) in [6.07, 6.45) is 3.38. The molecule has 0 aliphatic carbocycles. The lowest BCUT2D eigenvalue weighted by Gasteiger charge is -2.01. The largest absolute Gasteiger partial charge is 0.356 e. The number of para-hydroxylation sites is 1. The molecule has 6 heteroatoms. The van der Waals surface area contributed by atoms with Crippen molar-refractivity contribution in [3.05, 3.63) is 82.6 Å². The number of hydrogen-bond donors (Lipinski definition) is 3. The lowest BCUT2D eigenvalue weighted by Crippen LogP contribution is -2.17. The van der Waals surface area contributed by atoms with Crippen LogP contribution in [0.25, 0.3) is 22.2 Å². The first-order chi connectivity index (χ1) is 12.7. The first kappa shape index (κ1) is 16.4. The lowest BCUT2D eigenvalue weighted by atomic mass is 10.1. The Morgan fingerprint density at radius 1 is 1.08 bits per heavy atom. The van der Waals surface area contributed by atoms with E-state index in [0.717, 1.165) is 32.2 Å². The third-order valence-corrected chi connectivity index (χ3v) is 4.52. The minimum atomic E-state index is -0.298. The van der Waals surface area contributed by atoms with Crippen LogP contribution in [0.5, 0.6) is 0 Å². The highest BCUT2D eigenvalue weighted by atomic mass is 79.9. The fourth-order valence-corrected chi connectivity index (χ4v) is 3.19. The van der Waals surface area contributed by atoms with Crippen molar-refractivity contribution < 1.29 is 4.79 Å². The van der Waals surface area contributed by atoms with E-state index in [9.17, 15) is 4.79 Å². The third kappa shape index (κ3) is 3.19. The average molecular weight is 407 g/mol. The molecule has 1 amide bonds. The number of benzene rings is 2. The Labute approximate surface area is 158 Å². The highest BCUT2D eigenvalue weighted by molar-refractivity contribution is 9.10. The van der Waals surface area contributed by atoms with E-state index in [2.05, 4.69) is 36.4 Å². The molecule has 0 spiro atoms. The van der Waals surface area contributed by atoms with Gasteiger partial charge >= 0.3 is 0 Å². The summed E-state index contributed by atoms with van der Waals surface area (Å²) in [5, 5.41) is 5.20. The number of hydrogen-bond acceptors (Lipinski definition) is 2. The van der Waals surface area contributed by atoms with Crippen LogP contribution in [0.1, 0.15) is 16.1 Å². The summed E-state index contributed by atoms with van der Waals surface area (Å²) in [5.74, 6) is -0.298. The Kier molecular flexibility index (Phi) is 4.41. The molecule has 128 valence electrons. The van der Waals surface area contributed by atoms with E-state index in [4.69, 9.17) is 0 Å². The van der Waals surface area contributed by atoms with Crippen LogP contribution in [-0.2, 0) is 0 Å². The maximum absolute atomic E-state index is 12.1. The maximum Gasteiger partial charge on any atom is 0.287 e. The van der Waals surface area contributed by atoms with Gasteiger partial charge in [-0.05, 0) is 33.6 Å². The van der Waals surface area contributed by atoms with Crippen molar-refractivity contribution in [3.8, 4) is 11.3 Å². The Balaban J connectivity index is 1.68. The van der Waals surface area contributed by atoms with Gasteiger partial charge in [0.1, 0.15) is 5.69 Å². The van der Waals surface area contributed by atoms with Gasteiger partial charge in [0, 0.05) is 27.1 Å². The molecule has 4 rings (SSSR count). The molecule has 0 atom stereocenters. The van der Waals surface area contributed by atoms with Crippen LogP contribution in [0.2, 0.25) is 0 Å². The summed E-state index contributed by atoms with van der Waals surface area (Å²) >= 11 is 3.31. The van der Waals surface area contributed by atoms with Crippen LogP contribution < -0.4 is 5.43 Å². The number of fused-ring (bicyclic) bond motifs is 1. The standard InChI is InChI=1S/C20H15BrN4O/c21-14-10-18(22-11-14)20(26)25-23-12-16-15-8-4-5-9-17(15)24-19(16)13-6-2-1-3-7-13/h1-12,22,24H,(H,25,26)/b23-12+. The number of halogens is 1. The Hall–Kier alpha value is -3.12. The van der Waals surface area contributed by atoms with Crippen molar-refractivity contribution in [2.75, 3.05) is 0 Å². The second-order valence-electron chi connectivity index (χ2n) is 5.76. The molecule has 0 bridgehead atoms. The molecule has 0 aliphatic heterocycles. The topological polar surface area (TPSA) is 73.0 Å². The van der Waals surface area contributed by atoms with Crippen molar-refractivity contribution in [2.45, 2.75) is 0 Å². The third-order valence-electron chi connectivity index (χ3n) is 4.06. The number of hydrazone groups is 1. The quantitative estimate of drug-likeness (QED) is 0.333. The van der Waals surface area contributed by atoms with Gasteiger partial charge in [0.2, 0.25) is 0 Å². The molecular formula is C20H15BrN4O. The molecule has 0 radical (unpaired) electrons. The summed E-state index contributed by atoms with van der Waals surface area (Å²) < 4.78 is 0.814. The van der Waals surface area contributed by atoms with Crippen LogP contribution >= 0.6 is 15.9 Å². The minimum absolute atomic E-state index is 0.298. The fraction of sp³-hybridized carbons (Fsp3) is 0. The monoisotopic (exact) mass is 406 g/mol. The molecular weight excluding hydrogens is 392 g/mol. The number of carbonyl (C=O) groups is 1. The highest BCUT2D eigenvalue weighted by Gasteiger charge is 2.11. The summed E-state index contributed by atoms with van der Waals surface area (Å²) in [4.78, 5) is 18.4. The number of aromatic amines is 2. The van der Waals surface area contributed by atoms with E-state index in [1.165, 1.54) is 0 Å². The van der Waals surface area contributed by atoms with E-state index in [0.29, 0.717) is 5.69 Å². The lowest BCUT2D eigenvalue weighted by molar-refractivity contribution is 0.0951. The van der Waals surface area contributed by atoms with Crippen molar-refractivity contribution in [1.29, 1.82) is 0 Å². The molecule has 2 aromatic carbocycles. The van der Waals surface area contributed by atoms with Gasteiger partial charge in [0.15, 0.2) is 0 Å². The van der Waals surface area contributed by atoms with Crippen LogP contribution in [0, 0.1) is 0 Å². The first-order valence-corrected chi connectivity index (χ1v) is 8.85. The Bertz CT molecular complexity index is 1100. The SMILES string of the molecule is O=C(N/N=C/c1c(-c2ccccc2)[nH]c2ccccc12)c1cc(Br)c[nH]1. The second-order valence-corrected chi connectivity index (χ2v) is 6.67. The summed E-state index contributed by atoms with van der Waals surface area (Å²) in [5.41, 5.74) is 6.98. The molecule has 0 saturated carbocycles. The number of rotatable bonds is 4. The maximum atomic E-state index is 12.1. The van der Waals surface area contributed by atoms with Gasteiger partial charge in [-0.25, -0.2) is 5.43 Å². The average Bonchev–Trinajstić information content (AvgIpc) is 3.26. The molecule has 3 N–H and O–H groups in total. The van der Waals surface area contributed by atoms with Crippen molar-refractivity contribution in [3.63, 3.8) is 0 Å². The van der Waals surface area contributed by atoms with E-state index >= 15 is 0 Å². The Morgan fingerprint density at radius 2 is 1.85 bits per heavy atom. The van der Waals surface area contributed by atoms with Gasteiger partial charge in [-0.1, -0.05) is 48.5 Å². The van der Waals surface area contributed by atoms with Gasteiger partial charge in [-0.2, -0.15) is 5.10 Å². The number of amides is 1. The normalized spacial score (nSPS) is 11.3. The predicted octanol–water partition coefficient (Wildman–Crippen LogP) is 4.69. The number of aromatic nitrogens is 2. The van der Waals surface area contributed by atoms with Gasteiger partial charge in [0.25, 0.3) is 5.91 Å². The van der Waals surface area contributed by atoms with E-state index < -0.39 is 0 Å². The molecule has 0 unspecified atom stereocenters. The first-order valence-electron chi connectivity index (χ1n) is 8.06. The van der Waals surface area contributed by atoms with E-state index in [1.54, 1.807) is 18.5 Å². The molecule has 0 saturated heterocycles. The van der Waals surface area contributed by atoms with Crippen LogP contribution in [0.15, 0.2) is 76.4 Å². The predicted molar refractivity (Wildman–Crippen MR) is 107 cm³/mol. The number of nitrogens with one attached hydrogen (secondary N) is 3. The van der Waals surface area contributed by atoms with E-state index in [1.807, 2.05) is 54.6 Å². The van der Waals surface area contributed by atoms with Crippen LogP contribution in [-0.4, -0.2) is 22.1 Å². The molecule has 2 heterocycles. The van der Waals surface area contributed by atoms with Crippen molar-refractivity contribution >= 4 is 39.0 Å². The number of H-pyrrole nitrogens is 2. The summed E-state index contributed by atoms with van der Waals surface area (Å²) in [6.45, 7) is 0. The smallest absolute Gasteiger partial charge is 0.287 e. The van der Waals surface area contributed by atoms with Gasteiger partial charge < -0.3 is 9.97 Å². The molecule has 2 aromatic heterocycles. The molecule has 26 heavy (non-hydrogen) atoms. The van der Waals surface area contributed by atoms with Crippen LogP contribution in [0.4, 0.5) is 0 Å². The minimum Gasteiger partial charge on any atom is -0.356 e. The van der Waals surface area contributed by atoms with Crippen molar-refractivity contribution in [1.82, 2.24) is 15.4 Å².